The first-order valence-corrected chi connectivity index (χ1v) is 6.31. The molecule has 0 aliphatic rings. The van der Waals surface area contributed by atoms with Gasteiger partial charge in [-0.3, -0.25) is 20.0 Å². The normalized spacial score (nSPS) is 10.7. The number of amides is 1. The fourth-order valence-electron chi connectivity index (χ4n) is 1.73. The third-order valence-electron chi connectivity index (χ3n) is 2.79. The molecule has 0 bridgehead atoms. The number of carbonyl (C=O) groups excluding carboxylic acids is 1. The molecule has 0 fully saturated rings. The second-order valence-corrected chi connectivity index (χ2v) is 4.46. The number of aromatic amines is 1. The number of H-pyrrole nitrogens is 1. The van der Waals surface area contributed by atoms with Gasteiger partial charge in [-0.2, -0.15) is 10.2 Å². The lowest BCUT2D eigenvalue weighted by Crippen LogP contribution is -2.18. The molecule has 1 heterocycles. The van der Waals surface area contributed by atoms with Crippen LogP contribution in [0.5, 0.6) is 11.5 Å². The molecule has 1 aromatic carbocycles. The van der Waals surface area contributed by atoms with Crippen LogP contribution < -0.4 is 15.3 Å². The molecule has 0 saturated carbocycles. The number of nitro groups is 1. The Labute approximate surface area is 129 Å². The van der Waals surface area contributed by atoms with Crippen molar-refractivity contribution in [3.63, 3.8) is 0 Å². The Morgan fingerprint density at radius 3 is 2.78 bits per heavy atom. The van der Waals surface area contributed by atoms with Gasteiger partial charge in [-0.1, -0.05) is 0 Å². The Hall–Kier alpha value is -3.43. The van der Waals surface area contributed by atoms with Crippen LogP contribution in [-0.4, -0.2) is 34.4 Å². The molecule has 23 heavy (non-hydrogen) atoms. The molecule has 1 amide bonds. The molecule has 2 aromatic rings. The van der Waals surface area contributed by atoms with Crippen molar-refractivity contribution >= 4 is 17.8 Å². The number of hydrogen-bond acceptors (Lipinski definition) is 7. The summed E-state index contributed by atoms with van der Waals surface area (Å²) < 4.78 is 4.80. The van der Waals surface area contributed by atoms with E-state index in [9.17, 15) is 20.0 Å². The van der Waals surface area contributed by atoms with Gasteiger partial charge in [-0.15, -0.1) is 0 Å². The van der Waals surface area contributed by atoms with Gasteiger partial charge in [0.2, 0.25) is 0 Å². The minimum atomic E-state index is -0.828. The van der Waals surface area contributed by atoms with Crippen molar-refractivity contribution < 1.29 is 19.6 Å². The van der Waals surface area contributed by atoms with Gasteiger partial charge in [0.25, 0.3) is 11.6 Å². The van der Waals surface area contributed by atoms with Gasteiger partial charge in [-0.05, 0) is 19.1 Å². The van der Waals surface area contributed by atoms with Crippen LogP contribution in [0.2, 0.25) is 0 Å². The fraction of sp³-hybridized carbons (Fsp3) is 0.154. The first kappa shape index (κ1) is 15.9. The number of nitrogens with zero attached hydrogens (tertiary/aromatic N) is 3. The number of benzene rings is 1. The smallest absolute Gasteiger partial charge is 0.291 e. The summed E-state index contributed by atoms with van der Waals surface area (Å²) in [6.07, 6.45) is 1.16. The van der Waals surface area contributed by atoms with Crippen molar-refractivity contribution in [2.24, 2.45) is 5.10 Å². The van der Waals surface area contributed by atoms with Crippen LogP contribution in [0.15, 0.2) is 23.3 Å². The summed E-state index contributed by atoms with van der Waals surface area (Å²) in [7, 11) is 1.23. The Kier molecular flexibility index (Phi) is 4.55. The van der Waals surface area contributed by atoms with Crippen molar-refractivity contribution in [2.75, 3.05) is 7.11 Å². The summed E-state index contributed by atoms with van der Waals surface area (Å²) >= 11 is 0. The molecule has 10 heteroatoms. The van der Waals surface area contributed by atoms with Crippen LogP contribution in [0, 0.1) is 17.0 Å². The van der Waals surface area contributed by atoms with Gasteiger partial charge in [0.1, 0.15) is 5.75 Å². The van der Waals surface area contributed by atoms with Gasteiger partial charge < -0.3 is 9.84 Å². The number of nitrogens with one attached hydrogen (secondary N) is 2. The summed E-state index contributed by atoms with van der Waals surface area (Å²) in [5, 5.41) is 32.5. The average Bonchev–Trinajstić information content (AvgIpc) is 2.94. The zero-order valence-corrected chi connectivity index (χ0v) is 12.2. The van der Waals surface area contributed by atoms with E-state index in [0.29, 0.717) is 5.69 Å². The van der Waals surface area contributed by atoms with Crippen molar-refractivity contribution in [2.45, 2.75) is 6.92 Å². The second-order valence-electron chi connectivity index (χ2n) is 4.46. The Morgan fingerprint density at radius 1 is 1.48 bits per heavy atom. The number of aromatic nitrogens is 2. The summed E-state index contributed by atoms with van der Waals surface area (Å²) in [6, 6.07) is 3.85. The number of methoxy groups -OCH3 is 1. The topological polar surface area (TPSA) is 146 Å². The van der Waals surface area contributed by atoms with Crippen molar-refractivity contribution in [1.29, 1.82) is 0 Å². The molecule has 0 aliphatic heterocycles. The Balaban J connectivity index is 2.17. The van der Waals surface area contributed by atoms with E-state index < -0.39 is 22.3 Å². The van der Waals surface area contributed by atoms with Gasteiger partial charge in [0.15, 0.2) is 5.69 Å². The molecule has 0 saturated heterocycles. The van der Waals surface area contributed by atoms with Crippen LogP contribution in [0.1, 0.15) is 21.7 Å². The first-order chi connectivity index (χ1) is 10.9. The standard InChI is InChI=1S/C13H13N5O5/c1-7-3-9(16-15-7)13(20)17-14-6-8-4-10(18(21)22)12(19)11(5-8)23-2/h3-6,19H,1-2H3,(H,15,16)(H,17,20)/p-1/b14-6-. The minimum Gasteiger partial charge on any atom is -0.865 e. The second kappa shape index (κ2) is 6.56. The van der Waals surface area contributed by atoms with E-state index in [1.54, 1.807) is 6.92 Å². The minimum absolute atomic E-state index is 0.151. The maximum atomic E-state index is 11.7. The maximum absolute atomic E-state index is 11.7. The lowest BCUT2D eigenvalue weighted by molar-refractivity contribution is -0.398. The van der Waals surface area contributed by atoms with E-state index in [1.165, 1.54) is 19.2 Å². The highest BCUT2D eigenvalue weighted by atomic mass is 16.6. The van der Waals surface area contributed by atoms with Crippen LogP contribution >= 0.6 is 0 Å². The number of carbonyl (C=O) groups is 1. The van der Waals surface area contributed by atoms with Crippen LogP contribution in [-0.2, 0) is 0 Å². The third-order valence-corrected chi connectivity index (χ3v) is 2.79. The van der Waals surface area contributed by atoms with Crippen molar-refractivity contribution in [3.05, 3.63) is 45.3 Å². The summed E-state index contributed by atoms with van der Waals surface area (Å²) in [4.78, 5) is 21.7. The third kappa shape index (κ3) is 3.61. The summed E-state index contributed by atoms with van der Waals surface area (Å²) in [5.41, 5.74) is 2.67. The predicted octanol–water partition coefficient (Wildman–Crippen LogP) is 0.472. The summed E-state index contributed by atoms with van der Waals surface area (Å²) in [6.45, 7) is 1.74. The van der Waals surface area contributed by atoms with E-state index >= 15 is 0 Å². The number of aryl methyl sites for hydroxylation is 1. The van der Waals surface area contributed by atoms with Crippen molar-refractivity contribution in [3.8, 4) is 11.5 Å². The molecule has 2 N–H and O–H groups in total. The Bertz CT molecular complexity index is 783. The highest BCUT2D eigenvalue weighted by Gasteiger charge is 2.13. The van der Waals surface area contributed by atoms with E-state index in [0.717, 1.165) is 12.3 Å². The van der Waals surface area contributed by atoms with Crippen LogP contribution in [0.25, 0.3) is 0 Å². The zero-order valence-electron chi connectivity index (χ0n) is 12.2. The SMILES string of the molecule is COc1cc(/C=N\NC(=O)c2cc(C)[nH]n2)cc([N+](=O)[O-])c1[O-]. The zero-order chi connectivity index (χ0) is 17.0. The highest BCUT2D eigenvalue weighted by molar-refractivity contribution is 5.93. The van der Waals surface area contributed by atoms with Crippen LogP contribution in [0.3, 0.4) is 0 Å². The molecular formula is C13H12N5O5-. The Morgan fingerprint density at radius 2 is 2.22 bits per heavy atom. The number of nitro benzene ring substituents is 1. The number of hydrazone groups is 1. The van der Waals surface area contributed by atoms with E-state index in [1.807, 2.05) is 0 Å². The molecule has 0 radical (unpaired) electrons. The number of rotatable bonds is 5. The van der Waals surface area contributed by atoms with Gasteiger partial charge in [0, 0.05) is 23.1 Å². The predicted molar refractivity (Wildman–Crippen MR) is 77.5 cm³/mol. The molecule has 0 aliphatic carbocycles. The quantitative estimate of drug-likeness (QED) is 0.465. The largest absolute Gasteiger partial charge is 0.865 e. The first-order valence-electron chi connectivity index (χ1n) is 6.31. The molecule has 120 valence electrons. The lowest BCUT2D eigenvalue weighted by Gasteiger charge is -2.12. The van der Waals surface area contributed by atoms with Gasteiger partial charge >= 0.3 is 0 Å². The van der Waals surface area contributed by atoms with E-state index in [2.05, 4.69) is 20.7 Å². The van der Waals surface area contributed by atoms with E-state index in [4.69, 9.17) is 4.74 Å². The molecular weight excluding hydrogens is 306 g/mol. The fourth-order valence-corrected chi connectivity index (χ4v) is 1.73. The van der Waals surface area contributed by atoms with Gasteiger partial charge in [-0.25, -0.2) is 5.43 Å². The molecule has 0 unspecified atom stereocenters. The van der Waals surface area contributed by atoms with Crippen molar-refractivity contribution in [1.82, 2.24) is 15.6 Å². The highest BCUT2D eigenvalue weighted by Crippen LogP contribution is 2.33. The maximum Gasteiger partial charge on any atom is 0.291 e. The number of hydrogen-bond donors (Lipinski definition) is 2. The molecule has 1 aromatic heterocycles. The molecule has 0 spiro atoms. The lowest BCUT2D eigenvalue weighted by atomic mass is 10.2. The number of ether oxygens (including phenoxy) is 1. The molecule has 2 rings (SSSR count). The van der Waals surface area contributed by atoms with Gasteiger partial charge in [0.05, 0.1) is 18.2 Å². The van der Waals surface area contributed by atoms with Crippen LogP contribution in [0.4, 0.5) is 5.69 Å². The van der Waals surface area contributed by atoms with E-state index in [-0.39, 0.29) is 17.0 Å². The molecule has 10 nitrogen and oxygen atoms in total. The molecule has 0 atom stereocenters. The average molecular weight is 318 g/mol. The summed E-state index contributed by atoms with van der Waals surface area (Å²) in [5.74, 6) is -1.56. The monoisotopic (exact) mass is 318 g/mol.